The second kappa shape index (κ2) is 7.42. The van der Waals surface area contributed by atoms with Crippen LogP contribution >= 0.6 is 0 Å². The van der Waals surface area contributed by atoms with Gasteiger partial charge in [0.1, 0.15) is 11.6 Å². The molecule has 1 saturated heterocycles. The number of nitrogens with zero attached hydrogens (tertiary/aromatic N) is 6. The van der Waals surface area contributed by atoms with E-state index in [9.17, 15) is 8.42 Å². The van der Waals surface area contributed by atoms with Crippen molar-refractivity contribution in [1.29, 1.82) is 0 Å². The van der Waals surface area contributed by atoms with E-state index < -0.39 is 10.2 Å². The summed E-state index contributed by atoms with van der Waals surface area (Å²) in [4.78, 5) is 4.14. The molecule has 8 nitrogen and oxygen atoms in total. The van der Waals surface area contributed by atoms with Crippen molar-refractivity contribution in [3.8, 4) is 0 Å². The summed E-state index contributed by atoms with van der Waals surface area (Å²) in [6, 6.07) is 3.92. The van der Waals surface area contributed by atoms with E-state index in [4.69, 9.17) is 0 Å². The third kappa shape index (κ3) is 3.51. The number of piperidine rings is 1. The van der Waals surface area contributed by atoms with Crippen LogP contribution in [0.3, 0.4) is 0 Å². The first-order chi connectivity index (χ1) is 12.6. The molecule has 1 fully saturated rings. The van der Waals surface area contributed by atoms with Crippen molar-refractivity contribution in [2.45, 2.75) is 38.6 Å². The van der Waals surface area contributed by atoms with Crippen molar-refractivity contribution in [3.63, 3.8) is 0 Å². The Kier molecular flexibility index (Phi) is 5.01. The van der Waals surface area contributed by atoms with Gasteiger partial charge >= 0.3 is 0 Å². The van der Waals surface area contributed by atoms with Gasteiger partial charge in [-0.05, 0) is 24.5 Å². The highest BCUT2D eigenvalue weighted by molar-refractivity contribution is 7.86. The monoisotopic (exact) mass is 376 g/mol. The van der Waals surface area contributed by atoms with Crippen LogP contribution in [0, 0.1) is 0 Å². The molecule has 9 heteroatoms. The number of fused-ring (bicyclic) bond motifs is 1. The van der Waals surface area contributed by atoms with Crippen molar-refractivity contribution in [2.75, 3.05) is 26.2 Å². The molecular formula is C17H24N6O2S. The molecule has 140 valence electrons. The third-order valence-corrected chi connectivity index (χ3v) is 7.15. The van der Waals surface area contributed by atoms with E-state index >= 15 is 0 Å². The van der Waals surface area contributed by atoms with Gasteiger partial charge in [0.2, 0.25) is 0 Å². The molecule has 2 aromatic heterocycles. The standard InChI is InChI=1S/C17H24N6O2S/c24-26(25,21-8-2-1-3-9-21)22-10-6-16-19-20-17(23(16)12-11-22)13-15-5-4-7-18-14-15/h4-5,7,14H,1-3,6,8-13H2. The molecule has 0 saturated carbocycles. The fourth-order valence-corrected chi connectivity index (χ4v) is 5.35. The Balaban J connectivity index is 1.49. The lowest BCUT2D eigenvalue weighted by Crippen LogP contribution is -2.47. The number of pyridine rings is 1. The summed E-state index contributed by atoms with van der Waals surface area (Å²) in [5, 5.41) is 8.62. The number of aromatic nitrogens is 4. The lowest BCUT2D eigenvalue weighted by atomic mass is 10.2. The van der Waals surface area contributed by atoms with Gasteiger partial charge in [-0.2, -0.15) is 17.0 Å². The van der Waals surface area contributed by atoms with Crippen LogP contribution in [0.4, 0.5) is 0 Å². The predicted octanol–water partition coefficient (Wildman–Crippen LogP) is 0.853. The minimum atomic E-state index is -3.38. The smallest absolute Gasteiger partial charge is 0.282 e. The van der Waals surface area contributed by atoms with Crippen LogP contribution < -0.4 is 0 Å². The maximum absolute atomic E-state index is 12.9. The highest BCUT2D eigenvalue weighted by atomic mass is 32.2. The number of hydrogen-bond donors (Lipinski definition) is 0. The maximum Gasteiger partial charge on any atom is 0.282 e. The summed E-state index contributed by atoms with van der Waals surface area (Å²) in [5.74, 6) is 1.73. The molecule has 2 aliphatic rings. The van der Waals surface area contributed by atoms with Crippen LogP contribution in [0.5, 0.6) is 0 Å². The molecule has 26 heavy (non-hydrogen) atoms. The van der Waals surface area contributed by atoms with Crippen molar-refractivity contribution in [1.82, 2.24) is 28.4 Å². The molecule has 0 aliphatic carbocycles. The highest BCUT2D eigenvalue weighted by Crippen LogP contribution is 2.19. The van der Waals surface area contributed by atoms with Crippen molar-refractivity contribution >= 4 is 10.2 Å². The Morgan fingerprint density at radius 1 is 0.962 bits per heavy atom. The molecule has 4 rings (SSSR count). The molecule has 0 amide bonds. The zero-order valence-corrected chi connectivity index (χ0v) is 15.6. The molecule has 0 N–H and O–H groups in total. The molecule has 2 aliphatic heterocycles. The summed E-state index contributed by atoms with van der Waals surface area (Å²) in [7, 11) is -3.38. The van der Waals surface area contributed by atoms with Crippen LogP contribution in [0.25, 0.3) is 0 Å². The topological polar surface area (TPSA) is 84.2 Å². The van der Waals surface area contributed by atoms with E-state index in [1.807, 2.05) is 18.3 Å². The van der Waals surface area contributed by atoms with Gasteiger partial charge in [-0.1, -0.05) is 12.5 Å². The second-order valence-electron chi connectivity index (χ2n) is 6.84. The normalized spacial score (nSPS) is 19.8. The van der Waals surface area contributed by atoms with Gasteiger partial charge in [0.25, 0.3) is 10.2 Å². The van der Waals surface area contributed by atoms with Crippen LogP contribution in [-0.2, 0) is 29.6 Å². The molecule has 0 unspecified atom stereocenters. The summed E-state index contributed by atoms with van der Waals surface area (Å²) in [6.45, 7) is 2.78. The molecule has 0 radical (unpaired) electrons. The third-order valence-electron chi connectivity index (χ3n) is 5.11. The molecule has 4 heterocycles. The molecule has 0 bridgehead atoms. The molecule has 2 aromatic rings. The van der Waals surface area contributed by atoms with Crippen molar-refractivity contribution in [2.24, 2.45) is 0 Å². The van der Waals surface area contributed by atoms with E-state index in [2.05, 4.69) is 19.7 Å². The van der Waals surface area contributed by atoms with Gasteiger partial charge in [0.15, 0.2) is 0 Å². The largest absolute Gasteiger partial charge is 0.313 e. The average molecular weight is 376 g/mol. The van der Waals surface area contributed by atoms with E-state index in [0.717, 1.165) is 36.5 Å². The van der Waals surface area contributed by atoms with E-state index in [-0.39, 0.29) is 0 Å². The summed E-state index contributed by atoms with van der Waals surface area (Å²) < 4.78 is 31.2. The second-order valence-corrected chi connectivity index (χ2v) is 8.77. The SMILES string of the molecule is O=S(=O)(N1CCCCC1)N1CCc2nnc(Cc3cccnc3)n2CC1. The molecule has 0 atom stereocenters. The van der Waals surface area contributed by atoms with Gasteiger partial charge in [-0.3, -0.25) is 4.98 Å². The predicted molar refractivity (Wildman–Crippen MR) is 96.7 cm³/mol. The van der Waals surface area contributed by atoms with E-state index in [1.54, 1.807) is 14.8 Å². The zero-order chi connectivity index (χ0) is 18.0. The van der Waals surface area contributed by atoms with Crippen LogP contribution in [0.15, 0.2) is 24.5 Å². The van der Waals surface area contributed by atoms with Gasteiger partial charge < -0.3 is 4.57 Å². The Labute approximate surface area is 154 Å². The Morgan fingerprint density at radius 3 is 2.54 bits per heavy atom. The Morgan fingerprint density at radius 2 is 1.77 bits per heavy atom. The summed E-state index contributed by atoms with van der Waals surface area (Å²) in [6.07, 6.45) is 7.84. The molecule has 0 spiro atoms. The van der Waals surface area contributed by atoms with E-state index in [1.165, 1.54) is 0 Å². The first kappa shape index (κ1) is 17.6. The first-order valence-electron chi connectivity index (χ1n) is 9.20. The Hall–Kier alpha value is -1.84. The summed E-state index contributed by atoms with van der Waals surface area (Å²) in [5.41, 5.74) is 1.07. The molecular weight excluding hydrogens is 352 g/mol. The lowest BCUT2D eigenvalue weighted by Gasteiger charge is -2.31. The lowest BCUT2D eigenvalue weighted by molar-refractivity contribution is 0.303. The minimum absolute atomic E-state index is 0.462. The van der Waals surface area contributed by atoms with Gasteiger partial charge in [0.05, 0.1) is 0 Å². The average Bonchev–Trinajstić information content (AvgIpc) is 2.91. The van der Waals surface area contributed by atoms with Gasteiger partial charge in [-0.15, -0.1) is 10.2 Å². The fraction of sp³-hybridized carbons (Fsp3) is 0.588. The van der Waals surface area contributed by atoms with Crippen molar-refractivity contribution < 1.29 is 8.42 Å². The fourth-order valence-electron chi connectivity index (χ4n) is 3.67. The first-order valence-corrected chi connectivity index (χ1v) is 10.6. The minimum Gasteiger partial charge on any atom is -0.313 e. The number of hydrogen-bond acceptors (Lipinski definition) is 5. The highest BCUT2D eigenvalue weighted by Gasteiger charge is 2.32. The summed E-state index contributed by atoms with van der Waals surface area (Å²) >= 11 is 0. The Bertz CT molecular complexity index is 845. The van der Waals surface area contributed by atoms with Gasteiger partial charge in [-0.25, -0.2) is 0 Å². The molecule has 0 aromatic carbocycles. The van der Waals surface area contributed by atoms with Crippen LogP contribution in [0.1, 0.15) is 36.5 Å². The number of rotatable bonds is 4. The quantitative estimate of drug-likeness (QED) is 0.790. The van der Waals surface area contributed by atoms with Crippen LogP contribution in [0.2, 0.25) is 0 Å². The van der Waals surface area contributed by atoms with E-state index in [0.29, 0.717) is 45.6 Å². The van der Waals surface area contributed by atoms with Crippen molar-refractivity contribution in [3.05, 3.63) is 41.7 Å². The zero-order valence-electron chi connectivity index (χ0n) is 14.8. The van der Waals surface area contributed by atoms with Gasteiger partial charge in [0, 0.05) is 58.0 Å². The maximum atomic E-state index is 12.9. The van der Waals surface area contributed by atoms with Crippen LogP contribution in [-0.4, -0.2) is 63.0 Å².